The molecule has 5 heteroatoms. The molecule has 0 N–H and O–H groups in total. The molecular weight excluding hydrogens is 152 g/mol. The van der Waals surface area contributed by atoms with E-state index in [0.29, 0.717) is 0 Å². The molecule has 0 spiro atoms. The zero-order valence-corrected chi connectivity index (χ0v) is 6.17. The number of nitrogens with zero attached hydrogens (tertiary/aromatic N) is 2. The van der Waals surface area contributed by atoms with Crippen molar-refractivity contribution in [2.75, 3.05) is 6.26 Å². The van der Waals surface area contributed by atoms with Gasteiger partial charge in [-0.1, -0.05) is 0 Å². The maximum Gasteiger partial charge on any atom is 0.250 e. The second-order valence-corrected chi connectivity index (χ2v) is 2.52. The molecule has 1 rings (SSSR count). The van der Waals surface area contributed by atoms with Crippen molar-refractivity contribution in [3.63, 3.8) is 0 Å². The topological polar surface area (TPSA) is 52.1 Å². The van der Waals surface area contributed by atoms with Gasteiger partial charge in [0.2, 0.25) is 17.0 Å². The zero-order chi connectivity index (χ0) is 7.40. The van der Waals surface area contributed by atoms with Crippen LogP contribution in [0.3, 0.4) is 0 Å². The van der Waals surface area contributed by atoms with E-state index in [1.165, 1.54) is 12.5 Å². The molecule has 0 saturated carbocycles. The molecule has 0 aliphatic carbocycles. The monoisotopic (exact) mass is 158 g/mol. The molecule has 0 aliphatic heterocycles. The average molecular weight is 158 g/mol. The van der Waals surface area contributed by atoms with Crippen molar-refractivity contribution in [2.45, 2.75) is 0 Å². The van der Waals surface area contributed by atoms with Crippen LogP contribution in [0.5, 0.6) is 5.88 Å². The molecule has 1 aromatic heterocycles. The van der Waals surface area contributed by atoms with Crippen molar-refractivity contribution in [1.29, 1.82) is 0 Å². The van der Waals surface area contributed by atoms with Crippen molar-refractivity contribution in [3.8, 4) is 5.88 Å². The summed E-state index contributed by atoms with van der Waals surface area (Å²) in [6, 6.07) is 3.25. The Balaban J connectivity index is 2.67. The summed E-state index contributed by atoms with van der Waals surface area (Å²) in [6.07, 6.45) is 2.94. The predicted molar refractivity (Wildman–Crippen MR) is 36.7 cm³/mol. The van der Waals surface area contributed by atoms with Crippen LogP contribution in [-0.4, -0.2) is 20.7 Å². The molecule has 10 heavy (non-hydrogen) atoms. The smallest absolute Gasteiger partial charge is 0.250 e. The van der Waals surface area contributed by atoms with Crippen molar-refractivity contribution < 1.29 is 8.39 Å². The van der Waals surface area contributed by atoms with Gasteiger partial charge in [-0.3, -0.25) is 0 Å². The summed E-state index contributed by atoms with van der Waals surface area (Å²) in [4.78, 5) is 0. The Morgan fingerprint density at radius 1 is 1.70 bits per heavy atom. The van der Waals surface area contributed by atoms with Crippen molar-refractivity contribution in [3.05, 3.63) is 18.3 Å². The Labute approximate surface area is 60.9 Å². The molecular formula is C5H6N2O2S. The quantitative estimate of drug-likeness (QED) is 0.614. The van der Waals surface area contributed by atoms with Crippen LogP contribution >= 0.6 is 0 Å². The molecule has 0 bridgehead atoms. The van der Waals surface area contributed by atoms with Gasteiger partial charge in [0, 0.05) is 18.5 Å². The number of rotatable bonds is 2. The molecule has 1 unspecified atom stereocenters. The van der Waals surface area contributed by atoms with E-state index in [1.54, 1.807) is 12.1 Å². The summed E-state index contributed by atoms with van der Waals surface area (Å²) >= 11 is -1.32. The van der Waals surface area contributed by atoms with Crippen LogP contribution in [0.25, 0.3) is 0 Å². The predicted octanol–water partition coefficient (Wildman–Crippen LogP) is 0.149. The van der Waals surface area contributed by atoms with Crippen LogP contribution in [0.4, 0.5) is 0 Å². The van der Waals surface area contributed by atoms with Gasteiger partial charge in [-0.05, 0) is 6.07 Å². The van der Waals surface area contributed by atoms with Gasteiger partial charge in [0.1, 0.15) is 0 Å². The van der Waals surface area contributed by atoms with E-state index < -0.39 is 11.1 Å². The SMILES string of the molecule is CS(=O)Oc1cccnn1. The molecule has 0 fully saturated rings. The maximum absolute atomic E-state index is 10.4. The minimum absolute atomic E-state index is 0.281. The van der Waals surface area contributed by atoms with E-state index in [1.807, 2.05) is 0 Å². The van der Waals surface area contributed by atoms with Crippen LogP contribution in [0.15, 0.2) is 18.3 Å². The molecule has 54 valence electrons. The van der Waals surface area contributed by atoms with Crippen LogP contribution in [-0.2, 0) is 11.1 Å². The number of aromatic nitrogens is 2. The molecule has 0 aromatic carbocycles. The van der Waals surface area contributed by atoms with E-state index in [0.717, 1.165) is 0 Å². The van der Waals surface area contributed by atoms with E-state index in [4.69, 9.17) is 4.18 Å². The molecule has 0 saturated heterocycles. The van der Waals surface area contributed by atoms with Gasteiger partial charge in [-0.15, -0.1) is 5.10 Å². The van der Waals surface area contributed by atoms with Gasteiger partial charge in [-0.2, -0.15) is 5.10 Å². The Hall–Kier alpha value is -0.970. The van der Waals surface area contributed by atoms with Crippen LogP contribution in [0, 0.1) is 0 Å². The van der Waals surface area contributed by atoms with Gasteiger partial charge in [0.25, 0.3) is 0 Å². The minimum Gasteiger partial charge on any atom is -0.378 e. The zero-order valence-electron chi connectivity index (χ0n) is 5.35. The van der Waals surface area contributed by atoms with Crippen molar-refractivity contribution in [1.82, 2.24) is 10.2 Å². The highest BCUT2D eigenvalue weighted by Gasteiger charge is 1.94. The maximum atomic E-state index is 10.4. The Kier molecular flexibility index (Phi) is 2.33. The Morgan fingerprint density at radius 3 is 3.00 bits per heavy atom. The first-order valence-electron chi connectivity index (χ1n) is 2.58. The van der Waals surface area contributed by atoms with E-state index in [2.05, 4.69) is 10.2 Å². The third-order valence-electron chi connectivity index (χ3n) is 0.751. The molecule has 0 amide bonds. The van der Waals surface area contributed by atoms with Crippen molar-refractivity contribution >= 4 is 11.1 Å². The average Bonchev–Trinajstić information content (AvgIpc) is 1.88. The molecule has 1 heterocycles. The highest BCUT2D eigenvalue weighted by molar-refractivity contribution is 7.79. The third kappa shape index (κ3) is 2.10. The Bertz CT molecular complexity index is 226. The standard InChI is InChI=1S/C5H6N2O2S/c1-10(8)9-5-3-2-4-6-7-5/h2-4H,1H3. The molecule has 1 atom stereocenters. The van der Waals surface area contributed by atoms with Gasteiger partial charge in [0.15, 0.2) is 0 Å². The third-order valence-corrected chi connectivity index (χ3v) is 1.16. The van der Waals surface area contributed by atoms with E-state index >= 15 is 0 Å². The lowest BCUT2D eigenvalue weighted by Crippen LogP contribution is -1.98. The molecule has 4 nitrogen and oxygen atoms in total. The molecule has 1 aromatic rings. The van der Waals surface area contributed by atoms with Gasteiger partial charge in [0.05, 0.1) is 0 Å². The lowest BCUT2D eigenvalue weighted by atomic mass is 10.6. The van der Waals surface area contributed by atoms with Gasteiger partial charge >= 0.3 is 0 Å². The van der Waals surface area contributed by atoms with Crippen LogP contribution < -0.4 is 4.18 Å². The largest absolute Gasteiger partial charge is 0.378 e. The van der Waals surface area contributed by atoms with E-state index in [-0.39, 0.29) is 5.88 Å². The normalized spacial score (nSPS) is 12.5. The molecule has 0 aliphatic rings. The Morgan fingerprint density at radius 2 is 2.50 bits per heavy atom. The summed E-state index contributed by atoms with van der Waals surface area (Å²) < 4.78 is 15.1. The number of hydrogen-bond donors (Lipinski definition) is 0. The summed E-state index contributed by atoms with van der Waals surface area (Å²) in [6.45, 7) is 0. The fourth-order valence-electron chi connectivity index (χ4n) is 0.452. The molecule has 0 radical (unpaired) electrons. The summed E-state index contributed by atoms with van der Waals surface area (Å²) in [5.74, 6) is 0.281. The second kappa shape index (κ2) is 3.26. The van der Waals surface area contributed by atoms with Crippen LogP contribution in [0.1, 0.15) is 0 Å². The minimum atomic E-state index is -1.32. The van der Waals surface area contributed by atoms with Gasteiger partial charge in [-0.25, -0.2) is 4.21 Å². The highest BCUT2D eigenvalue weighted by atomic mass is 32.2. The van der Waals surface area contributed by atoms with Crippen LogP contribution in [0.2, 0.25) is 0 Å². The van der Waals surface area contributed by atoms with E-state index in [9.17, 15) is 4.21 Å². The first-order valence-corrected chi connectivity index (χ1v) is 4.07. The fraction of sp³-hybridized carbons (Fsp3) is 0.200. The fourth-order valence-corrected chi connectivity index (χ4v) is 0.781. The lowest BCUT2D eigenvalue weighted by Gasteiger charge is -1.95. The summed E-state index contributed by atoms with van der Waals surface area (Å²) in [5, 5.41) is 7.08. The second-order valence-electron chi connectivity index (χ2n) is 1.55. The summed E-state index contributed by atoms with van der Waals surface area (Å²) in [5.41, 5.74) is 0. The highest BCUT2D eigenvalue weighted by Crippen LogP contribution is 2.01. The summed E-state index contributed by atoms with van der Waals surface area (Å²) in [7, 11) is 0. The van der Waals surface area contributed by atoms with Gasteiger partial charge < -0.3 is 4.18 Å². The first kappa shape index (κ1) is 7.14. The number of hydrogen-bond acceptors (Lipinski definition) is 4. The lowest BCUT2D eigenvalue weighted by molar-refractivity contribution is 0.543. The first-order chi connectivity index (χ1) is 4.79. The van der Waals surface area contributed by atoms with Crippen molar-refractivity contribution in [2.24, 2.45) is 0 Å².